The molecule has 0 radical (unpaired) electrons. The lowest BCUT2D eigenvalue weighted by Crippen LogP contribution is -2.28. The zero-order chi connectivity index (χ0) is 12.6. The molecule has 1 amide bonds. The molecule has 0 bridgehead atoms. The second kappa shape index (κ2) is 7.63. The summed E-state index contributed by atoms with van der Waals surface area (Å²) >= 11 is 0. The SMILES string of the molecule is CCONC(=O)CCC(CCN)C(C)(C)C. The highest BCUT2D eigenvalue weighted by Gasteiger charge is 2.24. The molecule has 0 rings (SSSR count). The summed E-state index contributed by atoms with van der Waals surface area (Å²) in [5.74, 6) is 0.429. The van der Waals surface area contributed by atoms with Crippen molar-refractivity contribution >= 4 is 5.91 Å². The molecule has 4 heteroatoms. The molecular weight excluding hydrogens is 204 g/mol. The van der Waals surface area contributed by atoms with Gasteiger partial charge in [-0.3, -0.25) is 9.63 Å². The summed E-state index contributed by atoms with van der Waals surface area (Å²) in [7, 11) is 0. The van der Waals surface area contributed by atoms with E-state index in [1.807, 2.05) is 6.92 Å². The molecule has 0 aromatic carbocycles. The molecule has 1 atom stereocenters. The van der Waals surface area contributed by atoms with Gasteiger partial charge in [0.1, 0.15) is 0 Å². The molecule has 0 spiro atoms. The summed E-state index contributed by atoms with van der Waals surface area (Å²) < 4.78 is 0. The number of hydroxylamine groups is 1. The standard InChI is InChI=1S/C12H26N2O2/c1-5-16-14-11(15)7-6-10(8-9-13)12(2,3)4/h10H,5-9,13H2,1-4H3,(H,14,15). The van der Waals surface area contributed by atoms with Crippen LogP contribution in [0.25, 0.3) is 0 Å². The van der Waals surface area contributed by atoms with Crippen LogP contribution in [0.5, 0.6) is 0 Å². The highest BCUT2D eigenvalue weighted by molar-refractivity contribution is 5.74. The van der Waals surface area contributed by atoms with Gasteiger partial charge >= 0.3 is 0 Å². The molecule has 1 unspecified atom stereocenters. The van der Waals surface area contributed by atoms with Crippen LogP contribution in [-0.4, -0.2) is 19.1 Å². The van der Waals surface area contributed by atoms with E-state index in [2.05, 4.69) is 26.3 Å². The fourth-order valence-corrected chi connectivity index (χ4v) is 1.72. The van der Waals surface area contributed by atoms with Crippen molar-refractivity contribution in [1.82, 2.24) is 5.48 Å². The maximum Gasteiger partial charge on any atom is 0.243 e. The van der Waals surface area contributed by atoms with Crippen molar-refractivity contribution in [2.24, 2.45) is 17.1 Å². The Morgan fingerprint density at radius 1 is 1.38 bits per heavy atom. The van der Waals surface area contributed by atoms with Gasteiger partial charge in [0.15, 0.2) is 0 Å². The topological polar surface area (TPSA) is 64.3 Å². The first-order valence-electron chi connectivity index (χ1n) is 6.02. The molecule has 4 nitrogen and oxygen atoms in total. The fraction of sp³-hybridized carbons (Fsp3) is 0.917. The van der Waals surface area contributed by atoms with Crippen LogP contribution in [0.1, 0.15) is 47.0 Å². The predicted octanol–water partition coefficient (Wildman–Crippen LogP) is 1.85. The summed E-state index contributed by atoms with van der Waals surface area (Å²) in [6, 6.07) is 0. The van der Waals surface area contributed by atoms with Crippen molar-refractivity contribution in [3.63, 3.8) is 0 Å². The number of carbonyl (C=O) groups excluding carboxylic acids is 1. The second-order valence-corrected chi connectivity index (χ2v) is 5.14. The summed E-state index contributed by atoms with van der Waals surface area (Å²) in [4.78, 5) is 16.2. The zero-order valence-corrected chi connectivity index (χ0v) is 11.0. The Labute approximate surface area is 98.9 Å². The van der Waals surface area contributed by atoms with E-state index < -0.39 is 0 Å². The first-order chi connectivity index (χ1) is 7.41. The third kappa shape index (κ3) is 6.80. The van der Waals surface area contributed by atoms with E-state index in [-0.39, 0.29) is 11.3 Å². The van der Waals surface area contributed by atoms with Crippen molar-refractivity contribution in [3.05, 3.63) is 0 Å². The smallest absolute Gasteiger partial charge is 0.243 e. The van der Waals surface area contributed by atoms with Gasteiger partial charge in [-0.2, -0.15) is 0 Å². The first kappa shape index (κ1) is 15.4. The van der Waals surface area contributed by atoms with Crippen LogP contribution < -0.4 is 11.2 Å². The van der Waals surface area contributed by atoms with Gasteiger partial charge in [0.05, 0.1) is 6.61 Å². The van der Waals surface area contributed by atoms with Gasteiger partial charge < -0.3 is 5.73 Å². The lowest BCUT2D eigenvalue weighted by molar-refractivity contribution is -0.133. The Bertz CT molecular complexity index is 200. The average Bonchev–Trinajstić information content (AvgIpc) is 2.19. The van der Waals surface area contributed by atoms with Crippen molar-refractivity contribution in [3.8, 4) is 0 Å². The summed E-state index contributed by atoms with van der Waals surface area (Å²) in [6.45, 7) is 9.58. The molecule has 16 heavy (non-hydrogen) atoms. The summed E-state index contributed by atoms with van der Waals surface area (Å²) in [5, 5.41) is 0. The Kier molecular flexibility index (Phi) is 7.34. The molecule has 0 fully saturated rings. The van der Waals surface area contributed by atoms with Gasteiger partial charge in [-0.25, -0.2) is 5.48 Å². The molecule has 0 saturated carbocycles. The number of amides is 1. The van der Waals surface area contributed by atoms with Crippen molar-refractivity contribution in [2.75, 3.05) is 13.2 Å². The monoisotopic (exact) mass is 230 g/mol. The molecule has 0 saturated heterocycles. The molecule has 0 aliphatic heterocycles. The Morgan fingerprint density at radius 2 is 2.00 bits per heavy atom. The lowest BCUT2D eigenvalue weighted by Gasteiger charge is -2.30. The summed E-state index contributed by atoms with van der Waals surface area (Å²) in [6.07, 6.45) is 2.33. The molecule has 0 aromatic rings. The fourth-order valence-electron chi connectivity index (χ4n) is 1.72. The number of hydrogen-bond donors (Lipinski definition) is 2. The maximum absolute atomic E-state index is 11.4. The van der Waals surface area contributed by atoms with E-state index in [9.17, 15) is 4.79 Å². The maximum atomic E-state index is 11.4. The van der Waals surface area contributed by atoms with Crippen LogP contribution in [0.3, 0.4) is 0 Å². The third-order valence-corrected chi connectivity index (χ3v) is 2.79. The number of nitrogens with two attached hydrogens (primary N) is 1. The number of hydrogen-bond acceptors (Lipinski definition) is 3. The lowest BCUT2D eigenvalue weighted by atomic mass is 9.76. The van der Waals surface area contributed by atoms with Gasteiger partial charge in [-0.05, 0) is 37.6 Å². The third-order valence-electron chi connectivity index (χ3n) is 2.79. The Hall–Kier alpha value is -0.610. The van der Waals surface area contributed by atoms with Crippen molar-refractivity contribution in [1.29, 1.82) is 0 Å². The van der Waals surface area contributed by atoms with E-state index in [0.717, 1.165) is 12.8 Å². The van der Waals surface area contributed by atoms with Crippen LogP contribution in [0.4, 0.5) is 0 Å². The van der Waals surface area contributed by atoms with E-state index in [1.54, 1.807) is 0 Å². The van der Waals surface area contributed by atoms with Crippen LogP contribution in [-0.2, 0) is 9.63 Å². The second-order valence-electron chi connectivity index (χ2n) is 5.14. The number of nitrogens with one attached hydrogen (secondary N) is 1. The highest BCUT2D eigenvalue weighted by atomic mass is 16.6. The summed E-state index contributed by atoms with van der Waals surface area (Å²) in [5.41, 5.74) is 8.20. The molecular formula is C12H26N2O2. The van der Waals surface area contributed by atoms with Gasteiger partial charge in [0.25, 0.3) is 0 Å². The average molecular weight is 230 g/mol. The number of rotatable bonds is 7. The molecule has 3 N–H and O–H groups in total. The van der Waals surface area contributed by atoms with E-state index in [1.165, 1.54) is 0 Å². The predicted molar refractivity (Wildman–Crippen MR) is 65.6 cm³/mol. The first-order valence-corrected chi connectivity index (χ1v) is 6.02. The van der Waals surface area contributed by atoms with Crippen LogP contribution in [0.2, 0.25) is 0 Å². The van der Waals surface area contributed by atoms with Crippen LogP contribution in [0.15, 0.2) is 0 Å². The van der Waals surface area contributed by atoms with Gasteiger partial charge in [0.2, 0.25) is 5.91 Å². The van der Waals surface area contributed by atoms with Crippen molar-refractivity contribution < 1.29 is 9.63 Å². The zero-order valence-electron chi connectivity index (χ0n) is 11.0. The Balaban J connectivity index is 3.97. The van der Waals surface area contributed by atoms with Gasteiger partial charge in [-0.1, -0.05) is 20.8 Å². The highest BCUT2D eigenvalue weighted by Crippen LogP contribution is 2.31. The number of carbonyl (C=O) groups is 1. The normalized spacial score (nSPS) is 13.6. The Morgan fingerprint density at radius 3 is 2.44 bits per heavy atom. The minimum Gasteiger partial charge on any atom is -0.330 e. The van der Waals surface area contributed by atoms with E-state index in [0.29, 0.717) is 25.5 Å². The largest absolute Gasteiger partial charge is 0.330 e. The van der Waals surface area contributed by atoms with E-state index >= 15 is 0 Å². The molecule has 96 valence electrons. The molecule has 0 aliphatic rings. The minimum absolute atomic E-state index is 0.0480. The van der Waals surface area contributed by atoms with Gasteiger partial charge in [-0.15, -0.1) is 0 Å². The molecule has 0 aliphatic carbocycles. The van der Waals surface area contributed by atoms with Gasteiger partial charge in [0, 0.05) is 6.42 Å². The van der Waals surface area contributed by atoms with E-state index in [4.69, 9.17) is 10.6 Å². The van der Waals surface area contributed by atoms with Crippen LogP contribution >= 0.6 is 0 Å². The van der Waals surface area contributed by atoms with Crippen molar-refractivity contribution in [2.45, 2.75) is 47.0 Å². The molecule has 0 heterocycles. The quantitative estimate of drug-likeness (QED) is 0.656. The van der Waals surface area contributed by atoms with Crippen LogP contribution in [0, 0.1) is 11.3 Å². The molecule has 0 aromatic heterocycles. The minimum atomic E-state index is -0.0480.